The highest BCUT2D eigenvalue weighted by Crippen LogP contribution is 2.16. The van der Waals surface area contributed by atoms with Crippen molar-refractivity contribution in [3.8, 4) is 0 Å². The van der Waals surface area contributed by atoms with E-state index in [1.54, 1.807) is 25.2 Å². The Hall–Kier alpha value is -2.11. The van der Waals surface area contributed by atoms with Crippen LogP contribution in [0, 0.1) is 5.82 Å². The van der Waals surface area contributed by atoms with Gasteiger partial charge in [-0.05, 0) is 12.1 Å². The standard InChI is InChI=1S/C11H13FN2O3/c1-14(7-10(15)13-6-11(16)17)9-5-3-2-4-8(9)12/h2-5H,6-7H2,1H3,(H,13,15)(H,16,17). The molecule has 0 saturated carbocycles. The summed E-state index contributed by atoms with van der Waals surface area (Å²) in [4.78, 5) is 22.9. The summed E-state index contributed by atoms with van der Waals surface area (Å²) in [5.74, 6) is -2.02. The summed E-state index contributed by atoms with van der Waals surface area (Å²) in [5, 5.41) is 10.6. The van der Waals surface area contributed by atoms with Crippen LogP contribution in [0.15, 0.2) is 24.3 Å². The van der Waals surface area contributed by atoms with E-state index in [0.717, 1.165) is 0 Å². The van der Waals surface area contributed by atoms with E-state index in [1.165, 1.54) is 11.0 Å². The fourth-order valence-corrected chi connectivity index (χ4v) is 1.29. The number of carboxylic acid groups (broad SMARTS) is 1. The monoisotopic (exact) mass is 240 g/mol. The molecule has 6 heteroatoms. The minimum Gasteiger partial charge on any atom is -0.480 e. The minimum atomic E-state index is -1.12. The highest BCUT2D eigenvalue weighted by atomic mass is 19.1. The number of para-hydroxylation sites is 1. The molecule has 0 bridgehead atoms. The Bertz CT molecular complexity index is 423. The Morgan fingerprint density at radius 3 is 2.65 bits per heavy atom. The number of aliphatic carboxylic acids is 1. The zero-order valence-corrected chi connectivity index (χ0v) is 9.31. The number of carbonyl (C=O) groups is 2. The number of hydrogen-bond acceptors (Lipinski definition) is 3. The third-order valence-corrected chi connectivity index (χ3v) is 2.08. The third-order valence-electron chi connectivity index (χ3n) is 2.08. The maximum atomic E-state index is 13.3. The van der Waals surface area contributed by atoms with Crippen molar-refractivity contribution < 1.29 is 19.1 Å². The van der Waals surface area contributed by atoms with Gasteiger partial charge in [-0.2, -0.15) is 0 Å². The lowest BCUT2D eigenvalue weighted by atomic mass is 10.3. The SMILES string of the molecule is CN(CC(=O)NCC(=O)O)c1ccccc1F. The van der Waals surface area contributed by atoms with E-state index in [9.17, 15) is 14.0 Å². The normalized spacial score (nSPS) is 9.76. The molecule has 1 amide bonds. The molecule has 0 saturated heterocycles. The molecular weight excluding hydrogens is 227 g/mol. The summed E-state index contributed by atoms with van der Waals surface area (Å²) < 4.78 is 13.3. The molecule has 1 aromatic carbocycles. The van der Waals surface area contributed by atoms with E-state index in [4.69, 9.17) is 5.11 Å². The maximum absolute atomic E-state index is 13.3. The highest BCUT2D eigenvalue weighted by molar-refractivity contribution is 5.84. The second-order valence-electron chi connectivity index (χ2n) is 3.48. The third kappa shape index (κ3) is 4.10. The number of nitrogens with one attached hydrogen (secondary N) is 1. The molecule has 0 aliphatic carbocycles. The molecule has 0 aliphatic heterocycles. The second kappa shape index (κ2) is 5.83. The fraction of sp³-hybridized carbons (Fsp3) is 0.273. The van der Waals surface area contributed by atoms with Gasteiger partial charge in [0.2, 0.25) is 5.91 Å². The van der Waals surface area contributed by atoms with Crippen LogP contribution in [0.4, 0.5) is 10.1 Å². The predicted octanol–water partition coefficient (Wildman–Crippen LogP) is 0.463. The van der Waals surface area contributed by atoms with E-state index < -0.39 is 24.2 Å². The average Bonchev–Trinajstić information content (AvgIpc) is 2.26. The number of benzene rings is 1. The number of rotatable bonds is 5. The molecule has 92 valence electrons. The molecule has 0 fully saturated rings. The fourth-order valence-electron chi connectivity index (χ4n) is 1.29. The molecule has 0 heterocycles. The number of hydrogen-bond donors (Lipinski definition) is 2. The molecule has 5 nitrogen and oxygen atoms in total. The van der Waals surface area contributed by atoms with Crippen LogP contribution in [-0.2, 0) is 9.59 Å². The lowest BCUT2D eigenvalue weighted by Gasteiger charge is -2.18. The van der Waals surface area contributed by atoms with Crippen LogP contribution in [0.1, 0.15) is 0 Å². The molecule has 0 radical (unpaired) electrons. The molecule has 0 atom stereocenters. The molecule has 2 N–H and O–H groups in total. The summed E-state index contributed by atoms with van der Waals surface area (Å²) >= 11 is 0. The summed E-state index contributed by atoms with van der Waals surface area (Å²) in [7, 11) is 1.55. The van der Waals surface area contributed by atoms with Crippen LogP contribution in [0.3, 0.4) is 0 Å². The topological polar surface area (TPSA) is 69.6 Å². The van der Waals surface area contributed by atoms with Crippen molar-refractivity contribution >= 4 is 17.6 Å². The van der Waals surface area contributed by atoms with Crippen molar-refractivity contribution in [1.29, 1.82) is 0 Å². The van der Waals surface area contributed by atoms with Gasteiger partial charge in [0.25, 0.3) is 0 Å². The lowest BCUT2D eigenvalue weighted by molar-refractivity contribution is -0.137. The summed E-state index contributed by atoms with van der Waals surface area (Å²) in [6.07, 6.45) is 0. The maximum Gasteiger partial charge on any atom is 0.322 e. The Labute approximate surface area is 97.8 Å². The molecule has 17 heavy (non-hydrogen) atoms. The van der Waals surface area contributed by atoms with Crippen LogP contribution >= 0.6 is 0 Å². The Balaban J connectivity index is 2.55. The van der Waals surface area contributed by atoms with Gasteiger partial charge in [-0.1, -0.05) is 12.1 Å². The van der Waals surface area contributed by atoms with Gasteiger partial charge in [-0.15, -0.1) is 0 Å². The zero-order chi connectivity index (χ0) is 12.8. The molecule has 0 aliphatic rings. The van der Waals surface area contributed by atoms with Crippen LogP contribution in [0.2, 0.25) is 0 Å². The molecule has 0 aromatic heterocycles. The van der Waals surface area contributed by atoms with Crippen molar-refractivity contribution in [1.82, 2.24) is 5.32 Å². The van der Waals surface area contributed by atoms with E-state index in [0.29, 0.717) is 0 Å². The van der Waals surface area contributed by atoms with E-state index in [-0.39, 0.29) is 12.2 Å². The number of carboxylic acids is 1. The quantitative estimate of drug-likeness (QED) is 0.784. The van der Waals surface area contributed by atoms with Crippen molar-refractivity contribution in [3.05, 3.63) is 30.1 Å². The molecule has 0 spiro atoms. The van der Waals surface area contributed by atoms with Crippen LogP contribution in [-0.4, -0.2) is 37.1 Å². The van der Waals surface area contributed by atoms with Gasteiger partial charge in [0, 0.05) is 7.05 Å². The van der Waals surface area contributed by atoms with E-state index in [2.05, 4.69) is 5.32 Å². The van der Waals surface area contributed by atoms with Gasteiger partial charge in [0.1, 0.15) is 12.4 Å². The van der Waals surface area contributed by atoms with Crippen molar-refractivity contribution in [3.63, 3.8) is 0 Å². The molecular formula is C11H13FN2O3. The first kappa shape index (κ1) is 13.0. The average molecular weight is 240 g/mol. The summed E-state index contributed by atoms with van der Waals surface area (Å²) in [6.45, 7) is -0.543. The number of halogens is 1. The first-order valence-corrected chi connectivity index (χ1v) is 4.95. The van der Waals surface area contributed by atoms with Gasteiger partial charge in [-0.3, -0.25) is 9.59 Å². The Morgan fingerprint density at radius 2 is 2.06 bits per heavy atom. The Kier molecular flexibility index (Phi) is 4.45. The number of likely N-dealkylation sites (N-methyl/N-ethyl adjacent to an activating group) is 1. The molecule has 1 aromatic rings. The van der Waals surface area contributed by atoms with Crippen molar-refractivity contribution in [2.75, 3.05) is 25.0 Å². The van der Waals surface area contributed by atoms with E-state index in [1.807, 2.05) is 0 Å². The van der Waals surface area contributed by atoms with Crippen LogP contribution < -0.4 is 10.2 Å². The summed E-state index contributed by atoms with van der Waals surface area (Å²) in [5.41, 5.74) is 0.290. The molecule has 0 unspecified atom stereocenters. The van der Waals surface area contributed by atoms with Crippen molar-refractivity contribution in [2.24, 2.45) is 0 Å². The van der Waals surface area contributed by atoms with Gasteiger partial charge in [0.15, 0.2) is 0 Å². The number of carbonyl (C=O) groups excluding carboxylic acids is 1. The highest BCUT2D eigenvalue weighted by Gasteiger charge is 2.11. The van der Waals surface area contributed by atoms with Gasteiger partial charge in [0.05, 0.1) is 12.2 Å². The molecule has 1 rings (SSSR count). The van der Waals surface area contributed by atoms with Gasteiger partial charge in [-0.25, -0.2) is 4.39 Å². The first-order chi connectivity index (χ1) is 8.00. The Morgan fingerprint density at radius 1 is 1.41 bits per heavy atom. The van der Waals surface area contributed by atoms with Gasteiger partial charge < -0.3 is 15.3 Å². The number of anilines is 1. The van der Waals surface area contributed by atoms with Crippen LogP contribution in [0.25, 0.3) is 0 Å². The predicted molar refractivity (Wildman–Crippen MR) is 60.3 cm³/mol. The smallest absolute Gasteiger partial charge is 0.322 e. The largest absolute Gasteiger partial charge is 0.480 e. The first-order valence-electron chi connectivity index (χ1n) is 4.95. The van der Waals surface area contributed by atoms with E-state index >= 15 is 0 Å². The van der Waals surface area contributed by atoms with Gasteiger partial charge >= 0.3 is 5.97 Å². The van der Waals surface area contributed by atoms with Crippen LogP contribution in [0.5, 0.6) is 0 Å². The minimum absolute atomic E-state index is 0.103. The zero-order valence-electron chi connectivity index (χ0n) is 9.31. The summed E-state index contributed by atoms with van der Waals surface area (Å²) in [6, 6.07) is 6.04. The second-order valence-corrected chi connectivity index (χ2v) is 3.48. The number of nitrogens with zero attached hydrogens (tertiary/aromatic N) is 1. The lowest BCUT2D eigenvalue weighted by Crippen LogP contribution is -2.37. The van der Waals surface area contributed by atoms with Crippen molar-refractivity contribution in [2.45, 2.75) is 0 Å². The number of amides is 1.